The van der Waals surface area contributed by atoms with Crippen molar-refractivity contribution in [2.45, 2.75) is 4.90 Å². The second-order valence-electron chi connectivity index (χ2n) is 4.76. The lowest BCUT2D eigenvalue weighted by atomic mass is 10.2. The van der Waals surface area contributed by atoms with Crippen molar-refractivity contribution < 1.29 is 22.6 Å². The molecule has 126 valence electrons. The molecule has 3 rings (SSSR count). The molecule has 24 heavy (non-hydrogen) atoms. The van der Waals surface area contributed by atoms with Crippen molar-refractivity contribution in [1.29, 1.82) is 0 Å². The summed E-state index contributed by atoms with van der Waals surface area (Å²) in [4.78, 5) is 2.25. The third-order valence-corrected chi connectivity index (χ3v) is 5.16. The molecule has 1 heterocycles. The van der Waals surface area contributed by atoms with Crippen LogP contribution in [-0.4, -0.2) is 28.5 Å². The average Bonchev–Trinajstić information content (AvgIpc) is 3.02. The molecule has 0 spiro atoms. The van der Waals surface area contributed by atoms with Gasteiger partial charge in [-0.3, -0.25) is 0 Å². The fourth-order valence-electron chi connectivity index (χ4n) is 2.00. The summed E-state index contributed by atoms with van der Waals surface area (Å²) >= 11 is 3.37. The molecule has 0 amide bonds. The number of nitrogens with one attached hydrogen (secondary N) is 1. The van der Waals surface area contributed by atoms with Crippen LogP contribution in [0.25, 0.3) is 0 Å². The summed E-state index contributed by atoms with van der Waals surface area (Å²) in [5, 5.41) is 3.80. The van der Waals surface area contributed by atoms with Crippen molar-refractivity contribution in [3.63, 3.8) is 0 Å². The van der Waals surface area contributed by atoms with E-state index in [4.69, 9.17) is 14.2 Å². The Hall–Kier alpha value is -2.26. The molecule has 7 nitrogen and oxygen atoms in total. The number of ether oxygens (including phenoxy) is 3. The Kier molecular flexibility index (Phi) is 4.63. The van der Waals surface area contributed by atoms with Gasteiger partial charge in [-0.2, -0.15) is 13.5 Å². The maximum atomic E-state index is 12.2. The molecule has 0 saturated heterocycles. The van der Waals surface area contributed by atoms with Gasteiger partial charge >= 0.3 is 0 Å². The number of hydrogen-bond donors (Lipinski definition) is 1. The first-order valence-electron chi connectivity index (χ1n) is 6.78. The van der Waals surface area contributed by atoms with E-state index in [0.717, 1.165) is 0 Å². The van der Waals surface area contributed by atoms with E-state index in [1.807, 2.05) is 0 Å². The zero-order valence-electron chi connectivity index (χ0n) is 12.5. The molecule has 2 aromatic rings. The molecule has 1 aliphatic rings. The zero-order chi connectivity index (χ0) is 17.2. The largest absolute Gasteiger partial charge is 0.497 e. The lowest BCUT2D eigenvalue weighted by molar-refractivity contribution is 0.174. The second kappa shape index (κ2) is 6.70. The highest BCUT2D eigenvalue weighted by Crippen LogP contribution is 2.36. The first kappa shape index (κ1) is 16.6. The summed E-state index contributed by atoms with van der Waals surface area (Å²) in [7, 11) is -2.25. The Morgan fingerprint density at radius 2 is 1.88 bits per heavy atom. The highest BCUT2D eigenvalue weighted by molar-refractivity contribution is 9.10. The van der Waals surface area contributed by atoms with Crippen molar-refractivity contribution in [3.8, 4) is 17.2 Å². The Bertz CT molecular complexity index is 881. The van der Waals surface area contributed by atoms with E-state index in [1.165, 1.54) is 25.5 Å². The lowest BCUT2D eigenvalue weighted by Crippen LogP contribution is -2.18. The minimum absolute atomic E-state index is 0.0882. The van der Waals surface area contributed by atoms with Crippen molar-refractivity contribution in [2.24, 2.45) is 5.10 Å². The Labute approximate surface area is 147 Å². The van der Waals surface area contributed by atoms with E-state index in [0.29, 0.717) is 27.3 Å². The van der Waals surface area contributed by atoms with Crippen LogP contribution in [-0.2, 0) is 10.0 Å². The molecular weight excluding hydrogens is 400 g/mol. The Morgan fingerprint density at radius 1 is 1.21 bits per heavy atom. The first-order chi connectivity index (χ1) is 11.5. The second-order valence-corrected chi connectivity index (χ2v) is 7.27. The molecule has 0 radical (unpaired) electrons. The Balaban J connectivity index is 1.75. The summed E-state index contributed by atoms with van der Waals surface area (Å²) < 4.78 is 40.6. The monoisotopic (exact) mass is 412 g/mol. The number of sulfonamides is 1. The number of benzene rings is 2. The van der Waals surface area contributed by atoms with Crippen LogP contribution in [0.1, 0.15) is 5.56 Å². The first-order valence-corrected chi connectivity index (χ1v) is 9.05. The van der Waals surface area contributed by atoms with Gasteiger partial charge in [0.1, 0.15) is 5.75 Å². The van der Waals surface area contributed by atoms with Crippen LogP contribution < -0.4 is 19.0 Å². The number of hydrazone groups is 1. The lowest BCUT2D eigenvalue weighted by Gasteiger charge is -2.05. The van der Waals surface area contributed by atoms with Gasteiger partial charge < -0.3 is 14.2 Å². The number of methoxy groups -OCH3 is 1. The number of fused-ring (bicyclic) bond motifs is 1. The van der Waals surface area contributed by atoms with Crippen LogP contribution in [0.15, 0.2) is 50.9 Å². The van der Waals surface area contributed by atoms with Crippen molar-refractivity contribution >= 4 is 32.2 Å². The smallest absolute Gasteiger partial charge is 0.276 e. The predicted octanol–water partition coefficient (Wildman–Crippen LogP) is 2.50. The summed E-state index contributed by atoms with van der Waals surface area (Å²) in [6.45, 7) is 0.159. The van der Waals surface area contributed by atoms with Crippen molar-refractivity contribution in [1.82, 2.24) is 4.83 Å². The molecule has 2 aromatic carbocycles. The molecule has 0 aliphatic carbocycles. The normalized spacial score (nSPS) is 13.2. The third-order valence-electron chi connectivity index (χ3n) is 3.24. The minimum Gasteiger partial charge on any atom is -0.497 e. The topological polar surface area (TPSA) is 86.2 Å². The van der Waals surface area contributed by atoms with Crippen molar-refractivity contribution in [3.05, 3.63) is 46.4 Å². The minimum atomic E-state index is -3.75. The zero-order valence-corrected chi connectivity index (χ0v) is 14.9. The van der Waals surface area contributed by atoms with E-state index in [2.05, 4.69) is 25.9 Å². The molecule has 0 atom stereocenters. The maximum absolute atomic E-state index is 12.2. The van der Waals surface area contributed by atoms with Gasteiger partial charge in [0.15, 0.2) is 11.5 Å². The Morgan fingerprint density at radius 3 is 2.54 bits per heavy atom. The molecular formula is C15H13BrN2O5S. The molecule has 0 fully saturated rings. The van der Waals surface area contributed by atoms with E-state index in [1.54, 1.807) is 24.3 Å². The fraction of sp³-hybridized carbons (Fsp3) is 0.133. The fourth-order valence-corrected chi connectivity index (χ4v) is 3.22. The number of nitrogens with zero attached hydrogens (tertiary/aromatic N) is 1. The molecule has 1 N–H and O–H groups in total. The van der Waals surface area contributed by atoms with Gasteiger partial charge in [-0.1, -0.05) is 0 Å². The summed E-state index contributed by atoms with van der Waals surface area (Å²) in [5.41, 5.74) is 0.650. The highest BCUT2D eigenvalue weighted by atomic mass is 79.9. The van der Waals surface area contributed by atoms with E-state index < -0.39 is 10.0 Å². The highest BCUT2D eigenvalue weighted by Gasteiger charge is 2.16. The van der Waals surface area contributed by atoms with E-state index in [-0.39, 0.29) is 11.7 Å². The SMILES string of the molecule is COc1ccc(S(=O)(=O)N/N=C\c2cc3c(cc2Br)OCO3)cc1. The quantitative estimate of drug-likeness (QED) is 0.602. The molecule has 0 saturated carbocycles. The molecule has 1 aliphatic heterocycles. The van der Waals surface area contributed by atoms with Crippen LogP contribution >= 0.6 is 15.9 Å². The van der Waals surface area contributed by atoms with Crippen LogP contribution in [0.4, 0.5) is 0 Å². The van der Waals surface area contributed by atoms with Crippen LogP contribution in [0.2, 0.25) is 0 Å². The van der Waals surface area contributed by atoms with Crippen molar-refractivity contribution in [2.75, 3.05) is 13.9 Å². The molecule has 0 aromatic heterocycles. The third kappa shape index (κ3) is 3.46. The van der Waals surface area contributed by atoms with E-state index >= 15 is 0 Å². The van der Waals surface area contributed by atoms with Gasteiger partial charge in [-0.15, -0.1) is 0 Å². The maximum Gasteiger partial charge on any atom is 0.276 e. The number of rotatable bonds is 5. The summed E-state index contributed by atoms with van der Waals surface area (Å²) in [6.07, 6.45) is 1.38. The van der Waals surface area contributed by atoms with Gasteiger partial charge in [0, 0.05) is 10.0 Å². The van der Waals surface area contributed by atoms with Crippen LogP contribution in [0.5, 0.6) is 17.2 Å². The predicted molar refractivity (Wildman–Crippen MR) is 91.2 cm³/mol. The molecule has 9 heteroatoms. The van der Waals surface area contributed by atoms with Crippen LogP contribution in [0, 0.1) is 0 Å². The molecule has 0 bridgehead atoms. The van der Waals surface area contributed by atoms with Gasteiger partial charge in [0.05, 0.1) is 18.2 Å². The number of halogens is 1. The van der Waals surface area contributed by atoms with E-state index in [9.17, 15) is 8.42 Å². The summed E-state index contributed by atoms with van der Waals surface area (Å²) in [5.74, 6) is 1.78. The number of hydrogen-bond acceptors (Lipinski definition) is 6. The summed E-state index contributed by atoms with van der Waals surface area (Å²) in [6, 6.07) is 9.44. The van der Waals surface area contributed by atoms with Crippen LogP contribution in [0.3, 0.4) is 0 Å². The van der Waals surface area contributed by atoms with Gasteiger partial charge in [0.2, 0.25) is 6.79 Å². The standard InChI is InChI=1S/C15H13BrN2O5S/c1-21-11-2-4-12(5-3-11)24(19,20)18-17-8-10-6-14-15(7-13(10)16)23-9-22-14/h2-8,18H,9H2,1H3/b17-8-. The van der Waals surface area contributed by atoms with Gasteiger partial charge in [0.25, 0.3) is 10.0 Å². The molecule has 0 unspecified atom stereocenters. The van der Waals surface area contributed by atoms with Gasteiger partial charge in [-0.05, 0) is 52.3 Å². The average molecular weight is 413 g/mol. The van der Waals surface area contributed by atoms with Gasteiger partial charge in [-0.25, -0.2) is 4.83 Å².